The number of hydrogen-bond donors (Lipinski definition) is 9. The van der Waals surface area contributed by atoms with E-state index in [-0.39, 0.29) is 18.6 Å². The van der Waals surface area contributed by atoms with Gasteiger partial charge in [-0.15, -0.1) is 0 Å². The van der Waals surface area contributed by atoms with Crippen LogP contribution in [0.5, 0.6) is 0 Å². The Labute approximate surface area is 227 Å². The second-order valence-electron chi connectivity index (χ2n) is 8.75. The maximum Gasteiger partial charge on any atom is 0.326 e. The number of nitrogens with two attached hydrogens (primary N) is 1. The third-order valence-electron chi connectivity index (χ3n) is 5.87. The lowest BCUT2D eigenvalue weighted by molar-refractivity contribution is -0.147. The Bertz CT molecular complexity index is 1330. The lowest BCUT2D eigenvalue weighted by Gasteiger charge is -2.24. The van der Waals surface area contributed by atoms with Gasteiger partial charge in [-0.25, -0.2) is 9.78 Å². The Morgan fingerprint density at radius 1 is 0.923 bits per heavy atom. The van der Waals surface area contributed by atoms with E-state index in [9.17, 15) is 29.1 Å². The van der Waals surface area contributed by atoms with Crippen LogP contribution in [0.15, 0.2) is 43.0 Å². The van der Waals surface area contributed by atoms with Gasteiger partial charge in [-0.05, 0) is 11.6 Å². The quantitative estimate of drug-likeness (QED) is 0.109. The molecular formula is C24H29N7O7S. The van der Waals surface area contributed by atoms with E-state index < -0.39 is 60.2 Å². The lowest BCUT2D eigenvalue weighted by Crippen LogP contribution is -2.58. The van der Waals surface area contributed by atoms with Gasteiger partial charge in [0.05, 0.1) is 18.8 Å². The van der Waals surface area contributed by atoms with Gasteiger partial charge in [0.2, 0.25) is 17.7 Å². The van der Waals surface area contributed by atoms with Crippen LogP contribution in [0, 0.1) is 0 Å². The van der Waals surface area contributed by atoms with E-state index in [0.717, 1.165) is 10.9 Å². The number of thiol groups is 1. The zero-order valence-electron chi connectivity index (χ0n) is 20.6. The molecule has 14 nitrogen and oxygen atoms in total. The van der Waals surface area contributed by atoms with Gasteiger partial charge in [0, 0.05) is 47.6 Å². The largest absolute Gasteiger partial charge is 0.481 e. The maximum atomic E-state index is 13.3. The van der Waals surface area contributed by atoms with E-state index in [0.29, 0.717) is 11.3 Å². The zero-order chi connectivity index (χ0) is 28.5. The van der Waals surface area contributed by atoms with Crippen molar-refractivity contribution < 1.29 is 34.2 Å². The summed E-state index contributed by atoms with van der Waals surface area (Å²) >= 11 is 4.07. The van der Waals surface area contributed by atoms with Gasteiger partial charge in [0.15, 0.2) is 0 Å². The second-order valence-corrected chi connectivity index (χ2v) is 9.12. The number of carbonyl (C=O) groups is 5. The molecular weight excluding hydrogens is 530 g/mol. The summed E-state index contributed by atoms with van der Waals surface area (Å²) < 4.78 is 0. The molecule has 0 aliphatic carbocycles. The molecule has 1 aromatic carbocycles. The average molecular weight is 560 g/mol. The molecule has 2 heterocycles. The molecule has 2 aromatic heterocycles. The summed E-state index contributed by atoms with van der Waals surface area (Å²) in [6.07, 6.45) is 3.98. The number of carboxylic acids is 2. The predicted octanol–water partition coefficient (Wildman–Crippen LogP) is -1.05. The predicted molar refractivity (Wildman–Crippen MR) is 142 cm³/mol. The smallest absolute Gasteiger partial charge is 0.326 e. The number of nitrogens with one attached hydrogen (secondary N) is 5. The van der Waals surface area contributed by atoms with Crippen LogP contribution < -0.4 is 21.7 Å². The number of para-hydroxylation sites is 1. The molecule has 0 spiro atoms. The van der Waals surface area contributed by atoms with Crippen molar-refractivity contribution in [3.8, 4) is 0 Å². The minimum absolute atomic E-state index is 0.0377. The van der Waals surface area contributed by atoms with Crippen LogP contribution in [-0.2, 0) is 36.8 Å². The highest BCUT2D eigenvalue weighted by atomic mass is 32.1. The highest BCUT2D eigenvalue weighted by molar-refractivity contribution is 7.80. The van der Waals surface area contributed by atoms with E-state index in [1.807, 2.05) is 24.3 Å². The van der Waals surface area contributed by atoms with E-state index >= 15 is 0 Å². The number of benzene rings is 1. The molecule has 4 unspecified atom stereocenters. The van der Waals surface area contributed by atoms with Crippen LogP contribution >= 0.6 is 12.6 Å². The van der Waals surface area contributed by atoms with E-state index in [1.165, 1.54) is 12.5 Å². The van der Waals surface area contributed by atoms with Crippen LogP contribution in [-0.4, -0.2) is 84.7 Å². The number of fused-ring (bicyclic) bond motifs is 1. The number of aliphatic carboxylic acids is 2. The third kappa shape index (κ3) is 8.05. The Morgan fingerprint density at radius 3 is 2.23 bits per heavy atom. The van der Waals surface area contributed by atoms with Crippen molar-refractivity contribution in [3.05, 3.63) is 54.2 Å². The van der Waals surface area contributed by atoms with Crippen molar-refractivity contribution in [2.24, 2.45) is 5.73 Å². The number of aromatic nitrogens is 3. The number of carbonyl (C=O) groups excluding carboxylic acids is 3. The molecule has 3 aromatic rings. The van der Waals surface area contributed by atoms with Crippen LogP contribution in [0.2, 0.25) is 0 Å². The highest BCUT2D eigenvalue weighted by Crippen LogP contribution is 2.19. The van der Waals surface area contributed by atoms with Crippen LogP contribution in [0.25, 0.3) is 10.9 Å². The lowest BCUT2D eigenvalue weighted by atomic mass is 10.0. The van der Waals surface area contributed by atoms with Gasteiger partial charge in [-0.2, -0.15) is 12.6 Å². The number of hydrogen-bond acceptors (Lipinski definition) is 8. The first kappa shape index (κ1) is 29.2. The standard InChI is InChI=1S/C24H29N7O7S/c25-15(6-13-9-26-11-28-13)21(34)29-17(5-12-8-27-16-4-2-1-3-14(12)16)22(35)31-19(10-39)23(36)30-18(24(37)38)7-20(32)33/h1-4,8-9,11,15,17-19,27,39H,5-7,10,25H2,(H,26,28)(H,29,34)(H,30,36)(H,31,35)(H,32,33)(H,37,38). The first-order chi connectivity index (χ1) is 18.6. The topological polar surface area (TPSA) is 232 Å². The maximum absolute atomic E-state index is 13.3. The Morgan fingerprint density at radius 2 is 1.59 bits per heavy atom. The van der Waals surface area contributed by atoms with E-state index in [2.05, 4.69) is 43.5 Å². The molecule has 39 heavy (non-hydrogen) atoms. The normalized spacial score (nSPS) is 14.1. The molecule has 0 fully saturated rings. The fraction of sp³-hybridized carbons (Fsp3) is 0.333. The van der Waals surface area contributed by atoms with Crippen molar-refractivity contribution in [2.45, 2.75) is 43.4 Å². The molecule has 0 saturated heterocycles. The van der Waals surface area contributed by atoms with Gasteiger partial charge in [0.25, 0.3) is 0 Å². The number of H-pyrrole nitrogens is 2. The number of rotatable bonds is 14. The van der Waals surface area contributed by atoms with Crippen LogP contribution in [0.1, 0.15) is 17.7 Å². The number of carboxylic acid groups (broad SMARTS) is 2. The zero-order valence-corrected chi connectivity index (χ0v) is 21.5. The number of aromatic amines is 2. The fourth-order valence-electron chi connectivity index (χ4n) is 3.85. The van der Waals surface area contributed by atoms with Crippen molar-refractivity contribution in [1.82, 2.24) is 30.9 Å². The number of nitrogens with zero attached hydrogens (tertiary/aromatic N) is 1. The number of imidazole rings is 1. The summed E-state index contributed by atoms with van der Waals surface area (Å²) in [5.41, 5.74) is 8.20. The van der Waals surface area contributed by atoms with Crippen LogP contribution in [0.4, 0.5) is 0 Å². The Balaban J connectivity index is 1.77. The molecule has 3 amide bonds. The summed E-state index contributed by atoms with van der Waals surface area (Å²) in [4.78, 5) is 71.0. The first-order valence-corrected chi connectivity index (χ1v) is 12.5. The molecule has 0 saturated carbocycles. The second kappa shape index (κ2) is 13.4. The van der Waals surface area contributed by atoms with Crippen molar-refractivity contribution in [3.63, 3.8) is 0 Å². The SMILES string of the molecule is NC(Cc1cnc[nH]1)C(=O)NC(Cc1c[nH]c2ccccc12)C(=O)NC(CS)C(=O)NC(CC(=O)O)C(=O)O. The molecule has 0 bridgehead atoms. The van der Waals surface area contributed by atoms with E-state index in [1.54, 1.807) is 6.20 Å². The molecule has 4 atom stereocenters. The molecule has 3 rings (SSSR count). The molecule has 0 aliphatic rings. The van der Waals surface area contributed by atoms with Crippen molar-refractivity contribution >= 4 is 53.2 Å². The summed E-state index contributed by atoms with van der Waals surface area (Å²) in [5.74, 6) is -5.53. The van der Waals surface area contributed by atoms with Crippen molar-refractivity contribution in [2.75, 3.05) is 5.75 Å². The summed E-state index contributed by atoms with van der Waals surface area (Å²) in [5, 5.41) is 26.1. The van der Waals surface area contributed by atoms with Gasteiger partial charge in [-0.3, -0.25) is 19.2 Å². The molecule has 15 heteroatoms. The first-order valence-electron chi connectivity index (χ1n) is 11.8. The fourth-order valence-corrected chi connectivity index (χ4v) is 4.10. The highest BCUT2D eigenvalue weighted by Gasteiger charge is 2.31. The van der Waals surface area contributed by atoms with Gasteiger partial charge >= 0.3 is 11.9 Å². The summed E-state index contributed by atoms with van der Waals surface area (Å²) in [7, 11) is 0. The van der Waals surface area contributed by atoms with Gasteiger partial charge in [0.1, 0.15) is 18.1 Å². The van der Waals surface area contributed by atoms with E-state index in [4.69, 9.17) is 10.8 Å². The Hall–Kier alpha value is -4.37. The third-order valence-corrected chi connectivity index (χ3v) is 6.24. The summed E-state index contributed by atoms with van der Waals surface area (Å²) in [6, 6.07) is 2.14. The molecule has 9 N–H and O–H groups in total. The number of amides is 3. The molecule has 0 aliphatic heterocycles. The summed E-state index contributed by atoms with van der Waals surface area (Å²) in [6.45, 7) is 0. The van der Waals surface area contributed by atoms with Crippen LogP contribution in [0.3, 0.4) is 0 Å². The van der Waals surface area contributed by atoms with Gasteiger partial charge < -0.3 is 41.9 Å². The molecule has 208 valence electrons. The monoisotopic (exact) mass is 559 g/mol. The molecule has 0 radical (unpaired) electrons. The van der Waals surface area contributed by atoms with Crippen molar-refractivity contribution in [1.29, 1.82) is 0 Å². The minimum Gasteiger partial charge on any atom is -0.481 e. The Kier molecular flexibility index (Phi) is 10.1. The minimum atomic E-state index is -1.71. The van der Waals surface area contributed by atoms with Gasteiger partial charge in [-0.1, -0.05) is 18.2 Å². The average Bonchev–Trinajstić information content (AvgIpc) is 3.55.